The summed E-state index contributed by atoms with van der Waals surface area (Å²) in [7, 11) is 1.64. The van der Waals surface area contributed by atoms with E-state index in [1.165, 1.54) is 0 Å². The third-order valence-corrected chi connectivity index (χ3v) is 5.70. The molecule has 1 saturated heterocycles. The molecule has 1 aromatic carbocycles. The highest BCUT2D eigenvalue weighted by atomic mass is 16.5. The fraction of sp³-hybridized carbons (Fsp3) is 0.500. The summed E-state index contributed by atoms with van der Waals surface area (Å²) in [5, 5.41) is 8.76. The summed E-state index contributed by atoms with van der Waals surface area (Å²) in [4.78, 5) is 30.9. The first-order chi connectivity index (χ1) is 15.3. The Morgan fingerprint density at radius 1 is 0.969 bits per heavy atom. The van der Waals surface area contributed by atoms with Gasteiger partial charge in [-0.25, -0.2) is 0 Å². The predicted octanol–water partition coefficient (Wildman–Crippen LogP) is 2.69. The van der Waals surface area contributed by atoms with E-state index in [2.05, 4.69) is 15.1 Å². The minimum atomic E-state index is -0.124. The highest BCUT2D eigenvalue weighted by Crippen LogP contribution is 2.22. The van der Waals surface area contributed by atoms with Gasteiger partial charge in [-0.05, 0) is 50.2 Å². The minimum Gasteiger partial charge on any atom is -0.497 e. The van der Waals surface area contributed by atoms with Crippen LogP contribution in [0.3, 0.4) is 0 Å². The van der Waals surface area contributed by atoms with E-state index in [0.29, 0.717) is 26.2 Å². The molecule has 3 rings (SSSR count). The average molecular weight is 440 g/mol. The number of amides is 2. The first-order valence-electron chi connectivity index (χ1n) is 11.1. The third-order valence-electron chi connectivity index (χ3n) is 5.70. The van der Waals surface area contributed by atoms with Crippen LogP contribution in [0.5, 0.6) is 5.75 Å². The number of methoxy groups -OCH3 is 1. The van der Waals surface area contributed by atoms with Crippen LogP contribution < -0.4 is 9.64 Å². The number of aromatic nitrogens is 2. The number of piperazine rings is 1. The lowest BCUT2D eigenvalue weighted by Gasteiger charge is -2.37. The zero-order valence-electron chi connectivity index (χ0n) is 19.6. The number of hydrogen-bond donors (Lipinski definition) is 0. The van der Waals surface area contributed by atoms with Crippen molar-refractivity contribution in [3.8, 4) is 17.0 Å². The van der Waals surface area contributed by atoms with E-state index in [-0.39, 0.29) is 30.3 Å². The van der Waals surface area contributed by atoms with Gasteiger partial charge in [-0.15, -0.1) is 10.2 Å². The van der Waals surface area contributed by atoms with Gasteiger partial charge in [-0.3, -0.25) is 9.59 Å². The molecule has 0 unspecified atom stereocenters. The van der Waals surface area contributed by atoms with Crippen LogP contribution in [0.4, 0.5) is 5.82 Å². The van der Waals surface area contributed by atoms with Gasteiger partial charge in [-0.2, -0.15) is 0 Å². The minimum absolute atomic E-state index is 0.00497. The molecule has 0 saturated carbocycles. The Bertz CT molecular complexity index is 904. The molecule has 1 aliphatic heterocycles. The number of carbonyl (C=O) groups is 2. The Labute approximate surface area is 190 Å². The quantitative estimate of drug-likeness (QED) is 0.660. The Morgan fingerprint density at radius 3 is 2.12 bits per heavy atom. The highest BCUT2D eigenvalue weighted by molar-refractivity contribution is 5.86. The summed E-state index contributed by atoms with van der Waals surface area (Å²) in [6.45, 7) is 10.3. The third kappa shape index (κ3) is 5.55. The molecule has 32 heavy (non-hydrogen) atoms. The summed E-state index contributed by atoms with van der Waals surface area (Å²) in [5.74, 6) is 1.48. The van der Waals surface area contributed by atoms with Gasteiger partial charge in [0, 0.05) is 43.7 Å². The van der Waals surface area contributed by atoms with Crippen molar-refractivity contribution < 1.29 is 14.3 Å². The lowest BCUT2D eigenvalue weighted by molar-refractivity contribution is -0.144. The number of carbonyl (C=O) groups excluding carboxylic acids is 2. The number of anilines is 1. The van der Waals surface area contributed by atoms with Gasteiger partial charge in [0.25, 0.3) is 0 Å². The SMILES string of the molecule is COc1ccc(-c2ccc(N3CCN(C(=O)CN(C(=O)C(C)C)C(C)C)CC3)nn2)cc1. The van der Waals surface area contributed by atoms with E-state index in [9.17, 15) is 9.59 Å². The van der Waals surface area contributed by atoms with E-state index >= 15 is 0 Å². The van der Waals surface area contributed by atoms with Crippen LogP contribution >= 0.6 is 0 Å². The maximum atomic E-state index is 12.8. The molecule has 2 heterocycles. The first-order valence-corrected chi connectivity index (χ1v) is 11.1. The van der Waals surface area contributed by atoms with Gasteiger partial charge in [-0.1, -0.05) is 13.8 Å². The van der Waals surface area contributed by atoms with Crippen molar-refractivity contribution in [1.29, 1.82) is 0 Å². The average Bonchev–Trinajstić information content (AvgIpc) is 2.82. The molecule has 1 aromatic heterocycles. The predicted molar refractivity (Wildman–Crippen MR) is 125 cm³/mol. The summed E-state index contributed by atoms with van der Waals surface area (Å²) < 4.78 is 5.19. The molecular weight excluding hydrogens is 406 g/mol. The Balaban J connectivity index is 1.56. The van der Waals surface area contributed by atoms with E-state index in [1.54, 1.807) is 12.0 Å². The molecule has 0 spiro atoms. The van der Waals surface area contributed by atoms with Crippen molar-refractivity contribution >= 4 is 17.6 Å². The largest absolute Gasteiger partial charge is 0.497 e. The molecule has 2 amide bonds. The maximum Gasteiger partial charge on any atom is 0.242 e. The van der Waals surface area contributed by atoms with Crippen LogP contribution in [-0.4, -0.2) is 77.7 Å². The molecule has 1 aliphatic rings. The van der Waals surface area contributed by atoms with Gasteiger partial charge in [0.05, 0.1) is 19.3 Å². The molecule has 8 heteroatoms. The van der Waals surface area contributed by atoms with E-state index in [1.807, 2.05) is 69.0 Å². The van der Waals surface area contributed by atoms with Crippen LogP contribution in [0.25, 0.3) is 11.3 Å². The Morgan fingerprint density at radius 2 is 1.62 bits per heavy atom. The second-order valence-corrected chi connectivity index (χ2v) is 8.59. The van der Waals surface area contributed by atoms with Crippen molar-refractivity contribution in [2.45, 2.75) is 33.7 Å². The molecule has 1 fully saturated rings. The van der Waals surface area contributed by atoms with Crippen molar-refractivity contribution in [3.63, 3.8) is 0 Å². The zero-order chi connectivity index (χ0) is 23.3. The van der Waals surface area contributed by atoms with E-state index in [0.717, 1.165) is 22.8 Å². The van der Waals surface area contributed by atoms with Crippen LogP contribution in [0.1, 0.15) is 27.7 Å². The Kier molecular flexibility index (Phi) is 7.66. The molecule has 0 N–H and O–H groups in total. The van der Waals surface area contributed by atoms with E-state index < -0.39 is 0 Å². The van der Waals surface area contributed by atoms with E-state index in [4.69, 9.17) is 4.74 Å². The molecule has 0 atom stereocenters. The maximum absolute atomic E-state index is 12.8. The number of rotatable bonds is 7. The zero-order valence-corrected chi connectivity index (χ0v) is 19.6. The van der Waals surface area contributed by atoms with Gasteiger partial charge in [0.1, 0.15) is 5.75 Å². The summed E-state index contributed by atoms with van der Waals surface area (Å²) >= 11 is 0. The van der Waals surface area contributed by atoms with Crippen molar-refractivity contribution in [2.24, 2.45) is 5.92 Å². The second kappa shape index (κ2) is 10.4. The van der Waals surface area contributed by atoms with Crippen LogP contribution in [0.15, 0.2) is 36.4 Å². The smallest absolute Gasteiger partial charge is 0.242 e. The molecule has 172 valence electrons. The van der Waals surface area contributed by atoms with Crippen LogP contribution in [-0.2, 0) is 9.59 Å². The van der Waals surface area contributed by atoms with Crippen molar-refractivity contribution in [2.75, 3.05) is 44.7 Å². The highest BCUT2D eigenvalue weighted by Gasteiger charge is 2.27. The normalized spacial score (nSPS) is 14.1. The van der Waals surface area contributed by atoms with Gasteiger partial charge < -0.3 is 19.4 Å². The van der Waals surface area contributed by atoms with Crippen molar-refractivity contribution in [3.05, 3.63) is 36.4 Å². The molecule has 0 radical (unpaired) electrons. The summed E-state index contributed by atoms with van der Waals surface area (Å²) in [6.07, 6.45) is 0. The second-order valence-electron chi connectivity index (χ2n) is 8.59. The number of hydrogen-bond acceptors (Lipinski definition) is 6. The number of nitrogens with zero attached hydrogens (tertiary/aromatic N) is 5. The summed E-state index contributed by atoms with van der Waals surface area (Å²) in [6, 6.07) is 11.6. The molecule has 0 aliphatic carbocycles. The van der Waals surface area contributed by atoms with Crippen LogP contribution in [0.2, 0.25) is 0 Å². The Hall–Kier alpha value is -3.16. The molecular formula is C24H33N5O3. The standard InChI is InChI=1S/C24H33N5O3/c1-17(2)24(31)29(18(3)4)16-23(30)28-14-12-27(13-15-28)22-11-10-21(25-26-22)19-6-8-20(32-5)9-7-19/h6-11,17-18H,12-16H2,1-5H3. The number of benzene rings is 1. The fourth-order valence-corrected chi connectivity index (χ4v) is 3.69. The fourth-order valence-electron chi connectivity index (χ4n) is 3.69. The van der Waals surface area contributed by atoms with Gasteiger partial charge in [0.15, 0.2) is 5.82 Å². The summed E-state index contributed by atoms with van der Waals surface area (Å²) in [5.41, 5.74) is 1.78. The molecule has 8 nitrogen and oxygen atoms in total. The van der Waals surface area contributed by atoms with Crippen molar-refractivity contribution in [1.82, 2.24) is 20.0 Å². The van der Waals surface area contributed by atoms with Gasteiger partial charge in [0.2, 0.25) is 11.8 Å². The lowest BCUT2D eigenvalue weighted by Crippen LogP contribution is -2.53. The monoisotopic (exact) mass is 439 g/mol. The lowest BCUT2D eigenvalue weighted by atomic mass is 10.1. The van der Waals surface area contributed by atoms with Gasteiger partial charge >= 0.3 is 0 Å². The molecule has 0 bridgehead atoms. The molecule has 2 aromatic rings. The number of ether oxygens (including phenoxy) is 1. The topological polar surface area (TPSA) is 78.9 Å². The van der Waals surface area contributed by atoms with Crippen LogP contribution in [0, 0.1) is 5.92 Å². The first kappa shape index (κ1) is 23.5.